The molecule has 0 N–H and O–H groups in total. The predicted molar refractivity (Wildman–Crippen MR) is 70.2 cm³/mol. The van der Waals surface area contributed by atoms with Gasteiger partial charge >= 0.3 is 0 Å². The van der Waals surface area contributed by atoms with Crippen LogP contribution in [0.25, 0.3) is 11.4 Å². The molecule has 0 aliphatic heterocycles. The molecule has 1 heterocycles. The molecule has 2 rings (SSSR count). The van der Waals surface area contributed by atoms with Crippen LogP contribution in [0, 0.1) is 3.57 Å². The monoisotopic (exact) mass is 366 g/mol. The van der Waals surface area contributed by atoms with E-state index in [1.165, 1.54) is 12.1 Å². The summed E-state index contributed by atoms with van der Waals surface area (Å²) in [5.74, 6) is 0.345. The number of hydrogen-bond donors (Lipinski definition) is 0. The summed E-state index contributed by atoms with van der Waals surface area (Å²) in [6.07, 6.45) is -0.949. The highest BCUT2D eigenvalue weighted by Crippen LogP contribution is 2.25. The Bertz CT molecular complexity index is 549. The molecule has 0 fully saturated rings. The molecule has 2 nitrogen and oxygen atoms in total. The molecule has 1 aromatic heterocycles. The van der Waals surface area contributed by atoms with E-state index >= 15 is 0 Å². The van der Waals surface area contributed by atoms with Crippen molar-refractivity contribution in [2.75, 3.05) is 0 Å². The SMILES string of the molecule is FC(F)c1cccc(-c2ncc(I)c(Cl)n2)c1. The van der Waals surface area contributed by atoms with Crippen molar-refractivity contribution in [2.24, 2.45) is 0 Å². The Labute approximate surface area is 115 Å². The summed E-state index contributed by atoms with van der Waals surface area (Å²) in [6, 6.07) is 5.95. The number of halogens is 4. The zero-order valence-electron chi connectivity index (χ0n) is 8.37. The molecule has 0 aliphatic carbocycles. The first-order valence-corrected chi connectivity index (χ1v) is 6.10. The van der Waals surface area contributed by atoms with Gasteiger partial charge in [-0.1, -0.05) is 29.8 Å². The van der Waals surface area contributed by atoms with Gasteiger partial charge in [-0.2, -0.15) is 0 Å². The van der Waals surface area contributed by atoms with E-state index in [1.54, 1.807) is 18.3 Å². The van der Waals surface area contributed by atoms with Gasteiger partial charge in [-0.3, -0.25) is 0 Å². The standard InChI is InChI=1S/C11H6ClF2IN2/c12-9-8(15)5-16-11(17-9)7-3-1-2-6(4-7)10(13)14/h1-5,10H. The summed E-state index contributed by atoms with van der Waals surface area (Å²) in [5.41, 5.74) is 0.474. The quantitative estimate of drug-likeness (QED) is 0.584. The van der Waals surface area contributed by atoms with Crippen molar-refractivity contribution >= 4 is 34.2 Å². The highest BCUT2D eigenvalue weighted by Gasteiger charge is 2.10. The van der Waals surface area contributed by atoms with Gasteiger partial charge < -0.3 is 0 Å². The van der Waals surface area contributed by atoms with Crippen molar-refractivity contribution in [1.82, 2.24) is 9.97 Å². The maximum absolute atomic E-state index is 12.5. The molecule has 17 heavy (non-hydrogen) atoms. The molecule has 0 saturated heterocycles. The normalized spacial score (nSPS) is 10.9. The van der Waals surface area contributed by atoms with Crippen molar-refractivity contribution in [3.63, 3.8) is 0 Å². The van der Waals surface area contributed by atoms with Crippen LogP contribution in [-0.4, -0.2) is 9.97 Å². The Morgan fingerprint density at radius 2 is 2.06 bits per heavy atom. The zero-order valence-corrected chi connectivity index (χ0v) is 11.3. The van der Waals surface area contributed by atoms with E-state index in [4.69, 9.17) is 11.6 Å². The Hall–Kier alpha value is -0.820. The van der Waals surface area contributed by atoms with Gasteiger partial charge in [-0.15, -0.1) is 0 Å². The second-order valence-corrected chi connectivity index (χ2v) is 4.78. The molecule has 2 aromatic rings. The predicted octanol–water partition coefficient (Wildman–Crippen LogP) is 4.34. The smallest absolute Gasteiger partial charge is 0.235 e. The van der Waals surface area contributed by atoms with Crippen LogP contribution in [0.4, 0.5) is 8.78 Å². The van der Waals surface area contributed by atoms with Gasteiger partial charge in [0.05, 0.1) is 3.57 Å². The van der Waals surface area contributed by atoms with E-state index in [2.05, 4.69) is 9.97 Å². The van der Waals surface area contributed by atoms with Crippen molar-refractivity contribution in [3.8, 4) is 11.4 Å². The van der Waals surface area contributed by atoms with E-state index in [9.17, 15) is 8.78 Å². The summed E-state index contributed by atoms with van der Waals surface area (Å²) in [5, 5.41) is 0.318. The Morgan fingerprint density at radius 1 is 1.29 bits per heavy atom. The molecule has 1 aromatic carbocycles. The van der Waals surface area contributed by atoms with Crippen LogP contribution in [0.15, 0.2) is 30.5 Å². The fourth-order valence-corrected chi connectivity index (χ4v) is 1.69. The maximum atomic E-state index is 12.5. The van der Waals surface area contributed by atoms with Crippen molar-refractivity contribution in [3.05, 3.63) is 44.7 Å². The number of rotatable bonds is 2. The molecule has 6 heteroatoms. The minimum atomic E-state index is -2.51. The highest BCUT2D eigenvalue weighted by molar-refractivity contribution is 14.1. The van der Waals surface area contributed by atoms with Crippen molar-refractivity contribution < 1.29 is 8.78 Å². The Morgan fingerprint density at radius 3 is 2.71 bits per heavy atom. The summed E-state index contributed by atoms with van der Waals surface area (Å²) >= 11 is 7.86. The Balaban J connectivity index is 2.45. The van der Waals surface area contributed by atoms with Crippen molar-refractivity contribution in [1.29, 1.82) is 0 Å². The number of benzene rings is 1. The van der Waals surface area contributed by atoms with Gasteiger partial charge in [-0.25, -0.2) is 18.7 Å². The first-order chi connectivity index (χ1) is 8.08. The van der Waals surface area contributed by atoms with Crippen LogP contribution in [0.5, 0.6) is 0 Å². The molecular weight excluding hydrogens is 360 g/mol. The van der Waals surface area contributed by atoms with Crippen LogP contribution >= 0.6 is 34.2 Å². The van der Waals surface area contributed by atoms with E-state index in [0.29, 0.717) is 16.5 Å². The van der Waals surface area contributed by atoms with Crippen LogP contribution in [0.2, 0.25) is 5.15 Å². The van der Waals surface area contributed by atoms with Gasteiger partial charge in [0.1, 0.15) is 5.15 Å². The van der Waals surface area contributed by atoms with Gasteiger partial charge in [0.25, 0.3) is 6.43 Å². The summed E-state index contributed by atoms with van der Waals surface area (Å²) in [4.78, 5) is 8.11. The lowest BCUT2D eigenvalue weighted by Crippen LogP contribution is -1.93. The van der Waals surface area contributed by atoms with Crippen LogP contribution in [0.1, 0.15) is 12.0 Å². The topological polar surface area (TPSA) is 25.8 Å². The summed E-state index contributed by atoms with van der Waals surface area (Å²) in [6.45, 7) is 0. The van der Waals surface area contributed by atoms with Gasteiger partial charge in [0.15, 0.2) is 5.82 Å². The molecule has 0 atom stereocenters. The third-order valence-electron chi connectivity index (χ3n) is 2.10. The largest absolute Gasteiger partial charge is 0.263 e. The van der Waals surface area contributed by atoms with E-state index < -0.39 is 6.43 Å². The lowest BCUT2D eigenvalue weighted by Gasteiger charge is -2.04. The zero-order chi connectivity index (χ0) is 12.4. The second kappa shape index (κ2) is 5.22. The number of nitrogens with zero attached hydrogens (tertiary/aromatic N) is 2. The van der Waals surface area contributed by atoms with Crippen molar-refractivity contribution in [2.45, 2.75) is 6.43 Å². The number of hydrogen-bond acceptors (Lipinski definition) is 2. The average Bonchev–Trinajstić information content (AvgIpc) is 2.33. The first-order valence-electron chi connectivity index (χ1n) is 4.64. The molecule has 0 bridgehead atoms. The maximum Gasteiger partial charge on any atom is 0.263 e. The molecular formula is C11H6ClF2IN2. The number of aromatic nitrogens is 2. The lowest BCUT2D eigenvalue weighted by atomic mass is 10.1. The second-order valence-electron chi connectivity index (χ2n) is 3.26. The molecule has 0 unspecified atom stereocenters. The molecule has 0 amide bonds. The Kier molecular flexibility index (Phi) is 3.88. The third-order valence-corrected chi connectivity index (χ3v) is 3.49. The molecule has 0 aliphatic rings. The molecule has 0 saturated carbocycles. The van der Waals surface area contributed by atoms with E-state index in [1.807, 2.05) is 22.6 Å². The fourth-order valence-electron chi connectivity index (χ4n) is 1.30. The van der Waals surface area contributed by atoms with Crippen LogP contribution < -0.4 is 0 Å². The minimum Gasteiger partial charge on any atom is -0.235 e. The average molecular weight is 367 g/mol. The molecule has 0 radical (unpaired) electrons. The van der Waals surface area contributed by atoms with Crippen LogP contribution in [-0.2, 0) is 0 Å². The first kappa shape index (κ1) is 12.6. The minimum absolute atomic E-state index is 0.0548. The van der Waals surface area contributed by atoms with Gasteiger partial charge in [0, 0.05) is 17.3 Å². The molecule has 0 spiro atoms. The third kappa shape index (κ3) is 2.90. The van der Waals surface area contributed by atoms with Gasteiger partial charge in [0.2, 0.25) is 0 Å². The summed E-state index contributed by atoms with van der Waals surface area (Å²) in [7, 11) is 0. The number of alkyl halides is 2. The van der Waals surface area contributed by atoms with Crippen LogP contribution in [0.3, 0.4) is 0 Å². The highest BCUT2D eigenvalue weighted by atomic mass is 127. The molecule has 88 valence electrons. The van der Waals surface area contributed by atoms with Gasteiger partial charge in [-0.05, 0) is 28.7 Å². The fraction of sp³-hybridized carbons (Fsp3) is 0.0909. The van der Waals surface area contributed by atoms with E-state index in [0.717, 1.165) is 3.57 Å². The summed E-state index contributed by atoms with van der Waals surface area (Å²) < 4.78 is 25.8. The lowest BCUT2D eigenvalue weighted by molar-refractivity contribution is 0.151. The van der Waals surface area contributed by atoms with E-state index in [-0.39, 0.29) is 5.56 Å².